The second-order valence-corrected chi connectivity index (χ2v) is 12.3. The van der Waals surface area contributed by atoms with Gasteiger partial charge in [-0.3, -0.25) is 19.5 Å². The molecule has 1 aromatic heterocycles. The van der Waals surface area contributed by atoms with E-state index in [4.69, 9.17) is 9.97 Å². The van der Waals surface area contributed by atoms with Gasteiger partial charge in [-0.2, -0.15) is 0 Å². The summed E-state index contributed by atoms with van der Waals surface area (Å²) in [5, 5.41) is 0. The molecule has 0 N–H and O–H groups in total. The van der Waals surface area contributed by atoms with Gasteiger partial charge in [0, 0.05) is 61.6 Å². The number of ketones is 1. The molecule has 4 fully saturated rings. The van der Waals surface area contributed by atoms with Crippen LogP contribution in [0.3, 0.4) is 0 Å². The molecule has 6 rings (SSSR count). The lowest BCUT2D eigenvalue weighted by atomic mass is 9.62. The van der Waals surface area contributed by atoms with E-state index in [0.717, 1.165) is 43.9 Å². The fourth-order valence-corrected chi connectivity index (χ4v) is 7.26. The van der Waals surface area contributed by atoms with Crippen molar-refractivity contribution in [2.24, 2.45) is 5.92 Å². The topological polar surface area (TPSA) is 52.6 Å². The van der Waals surface area contributed by atoms with Crippen LogP contribution in [0.25, 0.3) is 0 Å². The average Bonchev–Trinajstić information content (AvgIpc) is 2.85. The van der Waals surface area contributed by atoms with Gasteiger partial charge in [-0.25, -0.2) is 9.97 Å². The van der Waals surface area contributed by atoms with Gasteiger partial charge >= 0.3 is 0 Å². The summed E-state index contributed by atoms with van der Waals surface area (Å²) in [7, 11) is 0. The highest BCUT2D eigenvalue weighted by Crippen LogP contribution is 2.59. The Morgan fingerprint density at radius 2 is 1.58 bits per heavy atom. The molecule has 192 valence electrons. The molecule has 0 aliphatic carbocycles. The summed E-state index contributed by atoms with van der Waals surface area (Å²) >= 11 is 0. The highest BCUT2D eigenvalue weighted by atomic mass is 16.1. The van der Waals surface area contributed by atoms with Crippen molar-refractivity contribution in [3.63, 3.8) is 0 Å². The number of carbonyl (C=O) groups is 1. The van der Waals surface area contributed by atoms with Gasteiger partial charge in [0.15, 0.2) is 5.78 Å². The Hall–Kier alpha value is -2.15. The molecule has 1 aromatic carbocycles. The standard InChI is InChI=1S/C30H41N5O/c1-20(2)28(36)24-7-5-22(6-8-24)17-33-11-9-23(10-12-33)25-15-31-29(32-16-25)30-13-26-18-34(21(3)4)19-27(14-30)35(26)30/h5-8,15-16,20-21,23,26-27H,9-14,17-19H2,1-4H3. The SMILES string of the molecule is CC(C)C(=O)c1ccc(CN2CCC(c3cnc(C45CC6CN(C(C)C)CC(C4)N65)nc3)CC2)cc1. The minimum Gasteiger partial charge on any atom is -0.299 e. The number of carbonyl (C=O) groups excluding carboxylic acids is 1. The van der Waals surface area contributed by atoms with E-state index < -0.39 is 0 Å². The van der Waals surface area contributed by atoms with Crippen LogP contribution in [-0.4, -0.2) is 74.8 Å². The fourth-order valence-electron chi connectivity index (χ4n) is 7.26. The van der Waals surface area contributed by atoms with Crippen molar-refractivity contribution in [2.75, 3.05) is 26.2 Å². The van der Waals surface area contributed by atoms with E-state index in [2.05, 4.69) is 53.1 Å². The summed E-state index contributed by atoms with van der Waals surface area (Å²) in [6.45, 7) is 14.1. The zero-order valence-electron chi connectivity index (χ0n) is 22.4. The number of benzene rings is 1. The Morgan fingerprint density at radius 3 is 2.14 bits per heavy atom. The molecule has 6 heteroatoms. The Balaban J connectivity index is 1.02. The number of nitrogens with zero attached hydrogens (tertiary/aromatic N) is 5. The Kier molecular flexibility index (Phi) is 6.25. The van der Waals surface area contributed by atoms with E-state index in [1.807, 2.05) is 26.0 Å². The molecule has 5 heterocycles. The summed E-state index contributed by atoms with van der Waals surface area (Å²) < 4.78 is 0. The van der Waals surface area contributed by atoms with Gasteiger partial charge in [-0.1, -0.05) is 38.1 Å². The Morgan fingerprint density at radius 1 is 0.972 bits per heavy atom. The maximum absolute atomic E-state index is 12.2. The lowest BCUT2D eigenvalue weighted by Gasteiger charge is -2.73. The highest BCUT2D eigenvalue weighted by molar-refractivity contribution is 5.97. The van der Waals surface area contributed by atoms with E-state index in [-0.39, 0.29) is 17.2 Å². The number of likely N-dealkylation sites (tertiary alicyclic amines) is 2. The van der Waals surface area contributed by atoms with Crippen LogP contribution in [0, 0.1) is 5.92 Å². The van der Waals surface area contributed by atoms with Gasteiger partial charge in [-0.05, 0) is 69.7 Å². The molecule has 0 bridgehead atoms. The largest absolute Gasteiger partial charge is 0.299 e. The Labute approximate surface area is 216 Å². The van der Waals surface area contributed by atoms with Gasteiger partial charge in [0.2, 0.25) is 0 Å². The van der Waals surface area contributed by atoms with Crippen LogP contribution in [0.1, 0.15) is 86.6 Å². The first-order valence-corrected chi connectivity index (χ1v) is 14.0. The second kappa shape index (κ2) is 9.30. The van der Waals surface area contributed by atoms with Crippen LogP contribution in [0.4, 0.5) is 0 Å². The van der Waals surface area contributed by atoms with Crippen LogP contribution >= 0.6 is 0 Å². The molecule has 0 spiro atoms. The first-order chi connectivity index (χ1) is 17.3. The van der Waals surface area contributed by atoms with Crippen molar-refractivity contribution in [1.29, 1.82) is 0 Å². The van der Waals surface area contributed by atoms with Crippen LogP contribution < -0.4 is 0 Å². The van der Waals surface area contributed by atoms with E-state index in [9.17, 15) is 4.79 Å². The van der Waals surface area contributed by atoms with Gasteiger partial charge in [-0.15, -0.1) is 0 Å². The van der Waals surface area contributed by atoms with Crippen LogP contribution in [0.15, 0.2) is 36.7 Å². The number of hydrogen-bond acceptors (Lipinski definition) is 6. The predicted molar refractivity (Wildman–Crippen MR) is 142 cm³/mol. The highest BCUT2D eigenvalue weighted by Gasteiger charge is 2.67. The maximum Gasteiger partial charge on any atom is 0.165 e. The molecule has 36 heavy (non-hydrogen) atoms. The van der Waals surface area contributed by atoms with Crippen molar-refractivity contribution < 1.29 is 4.79 Å². The molecule has 6 nitrogen and oxygen atoms in total. The number of rotatable bonds is 7. The number of piperidine rings is 2. The number of piperazine rings is 1. The van der Waals surface area contributed by atoms with Gasteiger partial charge in [0.1, 0.15) is 5.82 Å². The van der Waals surface area contributed by atoms with Crippen LogP contribution in [0.5, 0.6) is 0 Å². The van der Waals surface area contributed by atoms with Crippen molar-refractivity contribution in [2.45, 2.75) is 89.5 Å². The molecule has 0 radical (unpaired) electrons. The third-order valence-electron chi connectivity index (χ3n) is 9.36. The minimum atomic E-state index is 0.0456. The van der Waals surface area contributed by atoms with Crippen molar-refractivity contribution in [3.8, 4) is 0 Å². The lowest BCUT2D eigenvalue weighted by molar-refractivity contribution is -0.245. The van der Waals surface area contributed by atoms with Gasteiger partial charge < -0.3 is 0 Å². The van der Waals surface area contributed by atoms with Crippen LogP contribution in [0.2, 0.25) is 0 Å². The third kappa shape index (κ3) is 4.11. The van der Waals surface area contributed by atoms with Gasteiger partial charge in [0.05, 0.1) is 5.54 Å². The summed E-state index contributed by atoms with van der Waals surface area (Å²) in [4.78, 5) is 30.0. The van der Waals surface area contributed by atoms with Crippen molar-refractivity contribution >= 4 is 5.78 Å². The lowest BCUT2D eigenvalue weighted by Crippen LogP contribution is -2.83. The van der Waals surface area contributed by atoms with Crippen molar-refractivity contribution in [3.05, 3.63) is 59.2 Å². The molecule has 0 amide bonds. The third-order valence-corrected chi connectivity index (χ3v) is 9.36. The fraction of sp³-hybridized carbons (Fsp3) is 0.633. The first-order valence-electron chi connectivity index (χ1n) is 14.0. The predicted octanol–water partition coefficient (Wildman–Crippen LogP) is 4.46. The number of hydrogen-bond donors (Lipinski definition) is 0. The smallest absolute Gasteiger partial charge is 0.165 e. The summed E-state index contributed by atoms with van der Waals surface area (Å²) in [5.74, 6) is 1.88. The van der Waals surface area contributed by atoms with E-state index >= 15 is 0 Å². The second-order valence-electron chi connectivity index (χ2n) is 12.3. The number of aromatic nitrogens is 2. The minimum absolute atomic E-state index is 0.0456. The molecule has 2 atom stereocenters. The molecule has 2 unspecified atom stereocenters. The van der Waals surface area contributed by atoms with E-state index in [0.29, 0.717) is 24.0 Å². The summed E-state index contributed by atoms with van der Waals surface area (Å²) in [6.07, 6.45) is 9.01. The average molecular weight is 488 g/mol. The first kappa shape index (κ1) is 24.2. The quantitative estimate of drug-likeness (QED) is 0.538. The molecular formula is C30H41N5O. The van der Waals surface area contributed by atoms with E-state index in [1.54, 1.807) is 0 Å². The molecule has 4 aliphatic rings. The Bertz CT molecular complexity index is 1070. The monoisotopic (exact) mass is 487 g/mol. The van der Waals surface area contributed by atoms with Crippen LogP contribution in [-0.2, 0) is 12.1 Å². The normalized spacial score (nSPS) is 29.2. The van der Waals surface area contributed by atoms with E-state index in [1.165, 1.54) is 37.1 Å². The van der Waals surface area contributed by atoms with Crippen molar-refractivity contribution in [1.82, 2.24) is 24.7 Å². The summed E-state index contributed by atoms with van der Waals surface area (Å²) in [6, 6.07) is 10.2. The zero-order chi connectivity index (χ0) is 25.0. The molecule has 0 saturated carbocycles. The summed E-state index contributed by atoms with van der Waals surface area (Å²) in [5.41, 5.74) is 3.55. The number of Topliss-reactive ketones (excluding diaryl/α,β-unsaturated/α-hetero) is 1. The molecule has 4 saturated heterocycles. The van der Waals surface area contributed by atoms with Gasteiger partial charge in [0.25, 0.3) is 0 Å². The molecule has 2 aromatic rings. The maximum atomic E-state index is 12.2. The molecular weight excluding hydrogens is 446 g/mol. The molecule has 4 aliphatic heterocycles. The zero-order valence-corrected chi connectivity index (χ0v) is 22.4.